The van der Waals surface area contributed by atoms with Crippen LogP contribution in [0.25, 0.3) is 6.08 Å². The fourth-order valence-corrected chi connectivity index (χ4v) is 3.21. The molecule has 1 heterocycles. The highest BCUT2D eigenvalue weighted by molar-refractivity contribution is 6.30. The summed E-state index contributed by atoms with van der Waals surface area (Å²) in [5.74, 6) is 0.101. The summed E-state index contributed by atoms with van der Waals surface area (Å²) in [4.78, 5) is 12.1. The number of phenolic OH excluding ortho intramolecular Hbond substituents is 2. The third-order valence-corrected chi connectivity index (χ3v) is 4.55. The molecule has 0 bridgehead atoms. The summed E-state index contributed by atoms with van der Waals surface area (Å²) < 4.78 is 5.18. The predicted molar refractivity (Wildman–Crippen MR) is 97.4 cm³/mol. The smallest absolute Gasteiger partial charge is 0.225 e. The van der Waals surface area contributed by atoms with Gasteiger partial charge in [0.05, 0.1) is 7.11 Å². The Morgan fingerprint density at radius 2 is 2.04 bits per heavy atom. The predicted octanol–water partition coefficient (Wildman–Crippen LogP) is 4.29. The molecule has 1 atom stereocenters. The average Bonchev–Trinajstić information content (AvgIpc) is 2.56. The average molecular weight is 360 g/mol. The second kappa shape index (κ2) is 6.69. The molecule has 130 valence electrons. The van der Waals surface area contributed by atoms with Gasteiger partial charge in [0.25, 0.3) is 0 Å². The molecule has 0 radical (unpaired) electrons. The highest BCUT2D eigenvalue weighted by Crippen LogP contribution is 2.43. The number of carbonyl (C=O) groups excluding carboxylic acids is 1. The van der Waals surface area contributed by atoms with Crippen molar-refractivity contribution >= 4 is 29.3 Å². The molecular formula is C19H18ClNO4. The zero-order valence-corrected chi connectivity index (χ0v) is 14.6. The molecule has 0 aliphatic carbocycles. The normalized spacial score (nSPS) is 17.0. The van der Waals surface area contributed by atoms with Crippen LogP contribution in [-0.2, 0) is 4.79 Å². The van der Waals surface area contributed by atoms with E-state index >= 15 is 0 Å². The molecule has 3 rings (SSSR count). The SMILES string of the molecule is COc1cc2c(cc1O)NC(=O)C[C@H]2/C(C)=C/c1cc(Cl)ccc1O. The van der Waals surface area contributed by atoms with Crippen molar-refractivity contribution < 1.29 is 19.7 Å². The van der Waals surface area contributed by atoms with Gasteiger partial charge in [-0.3, -0.25) is 4.79 Å². The minimum atomic E-state index is -0.198. The maximum Gasteiger partial charge on any atom is 0.225 e. The molecule has 0 fully saturated rings. The van der Waals surface area contributed by atoms with E-state index in [2.05, 4.69) is 5.32 Å². The lowest BCUT2D eigenvalue weighted by atomic mass is 9.84. The van der Waals surface area contributed by atoms with E-state index in [9.17, 15) is 15.0 Å². The first-order valence-corrected chi connectivity index (χ1v) is 8.14. The van der Waals surface area contributed by atoms with Crippen molar-refractivity contribution in [2.75, 3.05) is 12.4 Å². The number of hydrogen-bond donors (Lipinski definition) is 3. The van der Waals surface area contributed by atoms with Gasteiger partial charge in [0.1, 0.15) is 5.75 Å². The first-order chi connectivity index (χ1) is 11.9. The number of amides is 1. The number of methoxy groups -OCH3 is 1. The Morgan fingerprint density at radius 1 is 1.28 bits per heavy atom. The van der Waals surface area contributed by atoms with Gasteiger partial charge in [0, 0.05) is 34.7 Å². The highest BCUT2D eigenvalue weighted by Gasteiger charge is 2.28. The number of rotatable bonds is 3. The number of anilines is 1. The third-order valence-electron chi connectivity index (χ3n) is 4.31. The van der Waals surface area contributed by atoms with E-state index in [0.717, 1.165) is 11.1 Å². The van der Waals surface area contributed by atoms with E-state index in [-0.39, 0.29) is 29.7 Å². The van der Waals surface area contributed by atoms with E-state index in [1.54, 1.807) is 18.2 Å². The summed E-state index contributed by atoms with van der Waals surface area (Å²) in [5, 5.41) is 23.2. The largest absolute Gasteiger partial charge is 0.507 e. The lowest BCUT2D eigenvalue weighted by Crippen LogP contribution is -2.23. The molecule has 5 nitrogen and oxygen atoms in total. The quantitative estimate of drug-likeness (QED) is 0.763. The van der Waals surface area contributed by atoms with Crippen molar-refractivity contribution in [3.8, 4) is 17.2 Å². The van der Waals surface area contributed by atoms with Crippen LogP contribution in [0.15, 0.2) is 35.9 Å². The molecule has 2 aromatic carbocycles. The minimum absolute atomic E-state index is 0.0312. The lowest BCUT2D eigenvalue weighted by molar-refractivity contribution is -0.116. The van der Waals surface area contributed by atoms with Gasteiger partial charge in [-0.2, -0.15) is 0 Å². The first-order valence-electron chi connectivity index (χ1n) is 7.76. The second-order valence-corrected chi connectivity index (χ2v) is 6.44. The summed E-state index contributed by atoms with van der Waals surface area (Å²) >= 11 is 6.00. The fourth-order valence-electron chi connectivity index (χ4n) is 3.03. The van der Waals surface area contributed by atoms with Crippen LogP contribution in [0.1, 0.15) is 30.4 Å². The summed E-state index contributed by atoms with van der Waals surface area (Å²) in [6, 6.07) is 8.03. The van der Waals surface area contributed by atoms with Gasteiger partial charge in [0.2, 0.25) is 5.91 Å². The van der Waals surface area contributed by atoms with Gasteiger partial charge in [-0.15, -0.1) is 0 Å². The molecule has 0 saturated carbocycles. The highest BCUT2D eigenvalue weighted by atomic mass is 35.5. The van der Waals surface area contributed by atoms with E-state index < -0.39 is 0 Å². The molecular weight excluding hydrogens is 342 g/mol. The van der Waals surface area contributed by atoms with Gasteiger partial charge in [-0.25, -0.2) is 0 Å². The number of allylic oxidation sites excluding steroid dienone is 1. The Kier molecular flexibility index (Phi) is 4.59. The number of ether oxygens (including phenoxy) is 1. The number of benzene rings is 2. The van der Waals surface area contributed by atoms with Gasteiger partial charge < -0.3 is 20.3 Å². The van der Waals surface area contributed by atoms with Crippen LogP contribution < -0.4 is 10.1 Å². The van der Waals surface area contributed by atoms with Crippen molar-refractivity contribution in [3.05, 3.63) is 52.1 Å². The molecule has 0 unspecified atom stereocenters. The van der Waals surface area contributed by atoms with E-state index in [1.165, 1.54) is 19.2 Å². The van der Waals surface area contributed by atoms with Crippen LogP contribution in [0.5, 0.6) is 17.2 Å². The monoisotopic (exact) mass is 359 g/mol. The van der Waals surface area contributed by atoms with Crippen LogP contribution >= 0.6 is 11.6 Å². The number of carbonyl (C=O) groups is 1. The van der Waals surface area contributed by atoms with Gasteiger partial charge in [0.15, 0.2) is 11.5 Å². The van der Waals surface area contributed by atoms with E-state index in [1.807, 2.05) is 13.0 Å². The van der Waals surface area contributed by atoms with E-state index in [0.29, 0.717) is 22.0 Å². The zero-order chi connectivity index (χ0) is 18.1. The molecule has 3 N–H and O–H groups in total. The maximum atomic E-state index is 12.1. The molecule has 6 heteroatoms. The molecule has 25 heavy (non-hydrogen) atoms. The van der Waals surface area contributed by atoms with Crippen molar-refractivity contribution in [1.29, 1.82) is 0 Å². The Hall–Kier alpha value is -2.66. The van der Waals surface area contributed by atoms with Crippen molar-refractivity contribution in [3.63, 3.8) is 0 Å². The van der Waals surface area contributed by atoms with Gasteiger partial charge in [-0.1, -0.05) is 23.3 Å². The molecule has 2 aromatic rings. The second-order valence-electron chi connectivity index (χ2n) is 6.01. The van der Waals surface area contributed by atoms with Crippen LogP contribution in [-0.4, -0.2) is 23.2 Å². The van der Waals surface area contributed by atoms with Crippen LogP contribution in [0.3, 0.4) is 0 Å². The minimum Gasteiger partial charge on any atom is -0.507 e. The fraction of sp³-hybridized carbons (Fsp3) is 0.211. The molecule has 0 aromatic heterocycles. The summed E-state index contributed by atoms with van der Waals surface area (Å²) in [7, 11) is 1.48. The first kappa shape index (κ1) is 17.2. The number of halogens is 1. The van der Waals surface area contributed by atoms with Crippen molar-refractivity contribution in [1.82, 2.24) is 0 Å². The Morgan fingerprint density at radius 3 is 2.76 bits per heavy atom. The summed E-state index contributed by atoms with van der Waals surface area (Å²) in [6.07, 6.45) is 2.08. The summed E-state index contributed by atoms with van der Waals surface area (Å²) in [6.45, 7) is 1.90. The molecule has 1 amide bonds. The molecule has 1 aliphatic heterocycles. The standard InChI is InChI=1S/C19H18ClNO4/c1-10(5-11-6-12(20)3-4-16(11)22)13-8-19(24)21-15-9-17(23)18(25-2)7-14(13)15/h3-7,9,13,22-23H,8H2,1-2H3,(H,21,24)/b10-5+/t13-/m0/s1. The maximum absolute atomic E-state index is 12.1. The zero-order valence-electron chi connectivity index (χ0n) is 13.8. The molecule has 1 aliphatic rings. The van der Waals surface area contributed by atoms with Crippen LogP contribution in [0.2, 0.25) is 5.02 Å². The lowest BCUT2D eigenvalue weighted by Gasteiger charge is -2.27. The van der Waals surface area contributed by atoms with Crippen molar-refractivity contribution in [2.45, 2.75) is 19.3 Å². The number of phenols is 2. The van der Waals surface area contributed by atoms with Crippen LogP contribution in [0, 0.1) is 0 Å². The molecule has 0 spiro atoms. The third kappa shape index (κ3) is 3.42. The molecule has 0 saturated heterocycles. The van der Waals surface area contributed by atoms with Gasteiger partial charge in [-0.05, 0) is 36.8 Å². The number of fused-ring (bicyclic) bond motifs is 1. The Labute approximate surface area is 150 Å². The number of aromatic hydroxyl groups is 2. The van der Waals surface area contributed by atoms with Crippen LogP contribution in [0.4, 0.5) is 5.69 Å². The Balaban J connectivity index is 2.07. The number of hydrogen-bond acceptors (Lipinski definition) is 4. The van der Waals surface area contributed by atoms with Gasteiger partial charge >= 0.3 is 0 Å². The van der Waals surface area contributed by atoms with Crippen molar-refractivity contribution in [2.24, 2.45) is 0 Å². The number of nitrogens with one attached hydrogen (secondary N) is 1. The summed E-state index contributed by atoms with van der Waals surface area (Å²) in [5.41, 5.74) is 2.89. The Bertz CT molecular complexity index is 876. The topological polar surface area (TPSA) is 78.8 Å². The van der Waals surface area contributed by atoms with E-state index in [4.69, 9.17) is 16.3 Å².